The molecule has 134 valence electrons. The van der Waals surface area contributed by atoms with Crippen molar-refractivity contribution in [2.24, 2.45) is 0 Å². The third kappa shape index (κ3) is 4.28. The lowest BCUT2D eigenvalue weighted by molar-refractivity contribution is -0.194. The maximum absolute atomic E-state index is 10.9. The molecular weight excluding hydrogens is 354 g/mol. The summed E-state index contributed by atoms with van der Waals surface area (Å²) in [7, 11) is -4.21. The molecule has 0 radical (unpaired) electrons. The Morgan fingerprint density at radius 2 is 1.92 bits per heavy atom. The second kappa shape index (κ2) is 7.27. The van der Waals surface area contributed by atoms with Crippen molar-refractivity contribution < 1.29 is 22.4 Å². The lowest BCUT2D eigenvalue weighted by Gasteiger charge is -2.32. The summed E-state index contributed by atoms with van der Waals surface area (Å²) in [6.45, 7) is 0.0733. The minimum Gasteiger partial charge on any atom is -0.344 e. The molecule has 2 atom stereocenters. The highest BCUT2D eigenvalue weighted by Gasteiger charge is 2.48. The van der Waals surface area contributed by atoms with Crippen LogP contribution in [0.5, 0.6) is 0 Å². The molecule has 2 aliphatic rings. The van der Waals surface area contributed by atoms with E-state index in [9.17, 15) is 8.42 Å². The Morgan fingerprint density at radius 1 is 1.21 bits per heavy atom. The zero-order chi connectivity index (χ0) is 17.2. The van der Waals surface area contributed by atoms with E-state index in [4.69, 9.17) is 25.6 Å². The van der Waals surface area contributed by atoms with Crippen LogP contribution in [0.1, 0.15) is 50.2 Å². The van der Waals surface area contributed by atoms with E-state index in [1.165, 1.54) is 6.42 Å². The fourth-order valence-electron chi connectivity index (χ4n) is 3.51. The molecule has 1 aliphatic carbocycles. The SMILES string of the molecule is O=S(=O)(O)NCCC1OC2(CCCCC2)OC1c1ccccc1Cl. The van der Waals surface area contributed by atoms with E-state index in [2.05, 4.69) is 4.72 Å². The summed E-state index contributed by atoms with van der Waals surface area (Å²) in [5, 5.41) is 0.603. The van der Waals surface area contributed by atoms with Crippen LogP contribution in [0.25, 0.3) is 0 Å². The van der Waals surface area contributed by atoms with Gasteiger partial charge in [-0.25, -0.2) is 0 Å². The molecule has 1 aromatic carbocycles. The second-order valence-corrected chi connectivity index (χ2v) is 7.99. The summed E-state index contributed by atoms with van der Waals surface area (Å²) in [6.07, 6.45) is 4.64. The van der Waals surface area contributed by atoms with E-state index in [0.717, 1.165) is 31.2 Å². The van der Waals surface area contributed by atoms with Crippen LogP contribution in [0.15, 0.2) is 24.3 Å². The quantitative estimate of drug-likeness (QED) is 0.772. The van der Waals surface area contributed by atoms with Crippen LogP contribution in [-0.4, -0.2) is 31.4 Å². The number of benzene rings is 1. The van der Waals surface area contributed by atoms with Crippen LogP contribution in [0.4, 0.5) is 0 Å². The first-order chi connectivity index (χ1) is 11.4. The van der Waals surface area contributed by atoms with Crippen molar-refractivity contribution in [3.05, 3.63) is 34.9 Å². The van der Waals surface area contributed by atoms with Gasteiger partial charge < -0.3 is 9.47 Å². The van der Waals surface area contributed by atoms with Gasteiger partial charge in [0.2, 0.25) is 0 Å². The molecule has 1 aliphatic heterocycles. The van der Waals surface area contributed by atoms with E-state index in [-0.39, 0.29) is 18.8 Å². The molecule has 2 fully saturated rings. The minimum atomic E-state index is -4.21. The molecule has 0 aromatic heterocycles. The van der Waals surface area contributed by atoms with E-state index < -0.39 is 16.1 Å². The van der Waals surface area contributed by atoms with Gasteiger partial charge in [0.25, 0.3) is 0 Å². The summed E-state index contributed by atoms with van der Waals surface area (Å²) in [5.41, 5.74) is 0.846. The van der Waals surface area contributed by atoms with Gasteiger partial charge in [-0.1, -0.05) is 36.2 Å². The molecule has 1 saturated heterocycles. The van der Waals surface area contributed by atoms with Gasteiger partial charge in [0.05, 0.1) is 6.10 Å². The highest BCUT2D eigenvalue weighted by atomic mass is 35.5. The lowest BCUT2D eigenvalue weighted by atomic mass is 9.94. The Morgan fingerprint density at radius 3 is 2.58 bits per heavy atom. The molecule has 2 N–H and O–H groups in total. The van der Waals surface area contributed by atoms with E-state index in [0.29, 0.717) is 11.4 Å². The summed E-state index contributed by atoms with van der Waals surface area (Å²) in [4.78, 5) is 0. The molecule has 0 amide bonds. The Kier molecular flexibility index (Phi) is 5.48. The lowest BCUT2D eigenvalue weighted by Crippen LogP contribution is -2.34. The van der Waals surface area contributed by atoms with Crippen molar-refractivity contribution in [3.8, 4) is 0 Å². The predicted octanol–water partition coefficient (Wildman–Crippen LogP) is 3.24. The number of hydrogen-bond donors (Lipinski definition) is 2. The highest BCUT2D eigenvalue weighted by Crippen LogP contribution is 2.47. The normalized spacial score (nSPS) is 26.8. The third-order valence-corrected chi connectivity index (χ3v) is 5.50. The standard InChI is InChI=1S/C16H22ClNO5S/c17-13-7-3-2-6-12(13)15-14(8-11-18-24(19,20)21)22-16(23-15)9-4-1-5-10-16/h2-3,6-7,14-15,18H,1,4-5,8-11H2,(H,19,20,21). The van der Waals surface area contributed by atoms with Gasteiger partial charge in [-0.3, -0.25) is 4.55 Å². The van der Waals surface area contributed by atoms with Crippen LogP contribution in [0, 0.1) is 0 Å². The minimum absolute atomic E-state index is 0.0733. The molecule has 1 saturated carbocycles. The smallest absolute Gasteiger partial charge is 0.333 e. The predicted molar refractivity (Wildman–Crippen MR) is 90.1 cm³/mol. The Labute approximate surface area is 147 Å². The number of hydrogen-bond acceptors (Lipinski definition) is 4. The number of ether oxygens (including phenoxy) is 2. The average Bonchev–Trinajstić information content (AvgIpc) is 2.85. The van der Waals surface area contributed by atoms with Crippen LogP contribution < -0.4 is 4.72 Å². The van der Waals surface area contributed by atoms with Crippen LogP contribution in [0.2, 0.25) is 5.02 Å². The molecular formula is C16H22ClNO5S. The van der Waals surface area contributed by atoms with Crippen LogP contribution >= 0.6 is 11.6 Å². The summed E-state index contributed by atoms with van der Waals surface area (Å²) >= 11 is 6.32. The van der Waals surface area contributed by atoms with E-state index in [1.807, 2.05) is 18.2 Å². The maximum Gasteiger partial charge on any atom is 0.333 e. The fraction of sp³-hybridized carbons (Fsp3) is 0.625. The second-order valence-electron chi connectivity index (χ2n) is 6.35. The number of rotatable bonds is 5. The van der Waals surface area contributed by atoms with Gasteiger partial charge in [0.15, 0.2) is 5.79 Å². The zero-order valence-corrected chi connectivity index (χ0v) is 14.9. The van der Waals surface area contributed by atoms with Crippen molar-refractivity contribution in [3.63, 3.8) is 0 Å². The molecule has 1 spiro atoms. The molecule has 0 bridgehead atoms. The number of nitrogens with one attached hydrogen (secondary N) is 1. The summed E-state index contributed by atoms with van der Waals surface area (Å²) in [5.74, 6) is -0.606. The first-order valence-electron chi connectivity index (χ1n) is 8.21. The van der Waals surface area contributed by atoms with Crippen molar-refractivity contribution in [2.75, 3.05) is 6.54 Å². The first kappa shape index (κ1) is 18.1. The monoisotopic (exact) mass is 375 g/mol. The highest BCUT2D eigenvalue weighted by molar-refractivity contribution is 7.83. The summed E-state index contributed by atoms with van der Waals surface area (Å²) in [6, 6.07) is 7.46. The molecule has 2 unspecified atom stereocenters. The van der Waals surface area contributed by atoms with Crippen LogP contribution in [0.3, 0.4) is 0 Å². The third-order valence-electron chi connectivity index (χ3n) is 4.59. The number of halogens is 1. The van der Waals surface area contributed by atoms with Gasteiger partial charge in [-0.05, 0) is 25.3 Å². The van der Waals surface area contributed by atoms with Gasteiger partial charge in [-0.2, -0.15) is 13.1 Å². The molecule has 6 nitrogen and oxygen atoms in total. The van der Waals surface area contributed by atoms with Gasteiger partial charge in [0, 0.05) is 30.0 Å². The largest absolute Gasteiger partial charge is 0.344 e. The average molecular weight is 376 g/mol. The van der Waals surface area contributed by atoms with Crippen molar-refractivity contribution in [1.82, 2.24) is 4.72 Å². The van der Waals surface area contributed by atoms with Crippen molar-refractivity contribution in [1.29, 1.82) is 0 Å². The van der Waals surface area contributed by atoms with Crippen molar-refractivity contribution in [2.45, 2.75) is 56.5 Å². The molecule has 8 heteroatoms. The summed E-state index contributed by atoms with van der Waals surface area (Å²) < 4.78 is 45.2. The van der Waals surface area contributed by atoms with Crippen molar-refractivity contribution >= 4 is 21.9 Å². The molecule has 24 heavy (non-hydrogen) atoms. The topological polar surface area (TPSA) is 84.9 Å². The molecule has 1 heterocycles. The van der Waals surface area contributed by atoms with Gasteiger partial charge in [0.1, 0.15) is 6.10 Å². The zero-order valence-electron chi connectivity index (χ0n) is 13.3. The molecule has 1 aromatic rings. The van der Waals surface area contributed by atoms with Crippen LogP contribution in [-0.2, 0) is 19.8 Å². The Bertz CT molecular complexity index is 675. The first-order valence-corrected chi connectivity index (χ1v) is 10.0. The Hall–Kier alpha value is -0.700. The fourth-order valence-corrected chi connectivity index (χ4v) is 4.13. The van der Waals surface area contributed by atoms with Gasteiger partial charge >= 0.3 is 10.3 Å². The van der Waals surface area contributed by atoms with Gasteiger partial charge in [-0.15, -0.1) is 0 Å². The van der Waals surface area contributed by atoms with E-state index >= 15 is 0 Å². The Balaban J connectivity index is 1.78. The maximum atomic E-state index is 10.9. The van der Waals surface area contributed by atoms with E-state index in [1.54, 1.807) is 6.07 Å². The molecule has 3 rings (SSSR count).